The lowest BCUT2D eigenvalue weighted by molar-refractivity contribution is -0.123. The first-order valence-electron chi connectivity index (χ1n) is 7.08. The zero-order valence-electron chi connectivity index (χ0n) is 13.0. The van der Waals surface area contributed by atoms with Gasteiger partial charge in [-0.1, -0.05) is 12.1 Å². The molecule has 0 aliphatic carbocycles. The lowest BCUT2D eigenvalue weighted by Gasteiger charge is -2.25. The number of likely N-dealkylation sites (N-methyl/N-ethyl adjacent to an activating group) is 1. The third-order valence-electron chi connectivity index (χ3n) is 3.77. The van der Waals surface area contributed by atoms with Crippen LogP contribution in [0, 0.1) is 13.8 Å². The Morgan fingerprint density at radius 1 is 1.35 bits per heavy atom. The van der Waals surface area contributed by atoms with Crippen LogP contribution in [0.2, 0.25) is 0 Å². The highest BCUT2D eigenvalue weighted by Gasteiger charge is 2.27. The van der Waals surface area contributed by atoms with Gasteiger partial charge in [0.15, 0.2) is 0 Å². The van der Waals surface area contributed by atoms with E-state index in [0.29, 0.717) is 6.61 Å². The van der Waals surface area contributed by atoms with E-state index >= 15 is 0 Å². The van der Waals surface area contributed by atoms with Crippen molar-refractivity contribution in [1.29, 1.82) is 0 Å². The number of aryl methyl sites for hydroxylation is 2. The van der Waals surface area contributed by atoms with Crippen LogP contribution in [-0.4, -0.2) is 25.1 Å². The second-order valence-corrected chi connectivity index (χ2v) is 5.52. The molecule has 0 saturated heterocycles. The number of rotatable bonds is 8. The fourth-order valence-electron chi connectivity index (χ4n) is 2.00. The Hall–Kier alpha value is -1.55. The highest BCUT2D eigenvalue weighted by molar-refractivity contribution is 5.84. The average Bonchev–Trinajstić information content (AvgIpc) is 2.41. The van der Waals surface area contributed by atoms with Gasteiger partial charge in [0.25, 0.3) is 0 Å². The summed E-state index contributed by atoms with van der Waals surface area (Å²) in [5.41, 5.74) is 7.11. The quantitative estimate of drug-likeness (QED) is 0.717. The van der Waals surface area contributed by atoms with Gasteiger partial charge in [-0.3, -0.25) is 4.79 Å². The molecular weight excluding hydrogens is 252 g/mol. The number of unbranched alkanes of at least 4 members (excludes halogenated alkanes) is 1. The minimum absolute atomic E-state index is 0.310. The summed E-state index contributed by atoms with van der Waals surface area (Å²) < 4.78 is 5.79. The number of hydrogen-bond acceptors (Lipinski definition) is 3. The summed E-state index contributed by atoms with van der Waals surface area (Å²) in [5, 5.41) is 2.99. The van der Waals surface area contributed by atoms with Gasteiger partial charge in [-0.05, 0) is 64.3 Å². The lowest BCUT2D eigenvalue weighted by atomic mass is 9.94. The Bertz CT molecular complexity index is 460. The van der Waals surface area contributed by atoms with Crippen molar-refractivity contribution in [2.24, 2.45) is 5.73 Å². The van der Waals surface area contributed by atoms with Crippen LogP contribution >= 0.6 is 0 Å². The number of carbonyl (C=O) groups is 1. The number of primary amides is 1. The van der Waals surface area contributed by atoms with Crippen LogP contribution in [0.3, 0.4) is 0 Å². The van der Waals surface area contributed by atoms with Crippen molar-refractivity contribution in [1.82, 2.24) is 5.32 Å². The second-order valence-electron chi connectivity index (χ2n) is 5.52. The topological polar surface area (TPSA) is 64.3 Å². The molecular formula is C16H26N2O2. The number of ether oxygens (including phenoxy) is 1. The molecule has 1 rings (SSSR count). The van der Waals surface area contributed by atoms with Gasteiger partial charge in [-0.2, -0.15) is 0 Å². The van der Waals surface area contributed by atoms with E-state index in [1.54, 1.807) is 7.05 Å². The van der Waals surface area contributed by atoms with Crippen molar-refractivity contribution in [2.45, 2.75) is 45.6 Å². The molecule has 1 unspecified atom stereocenters. The number of nitrogens with one attached hydrogen (secondary N) is 1. The van der Waals surface area contributed by atoms with Crippen molar-refractivity contribution in [3.63, 3.8) is 0 Å². The summed E-state index contributed by atoms with van der Waals surface area (Å²) in [7, 11) is 1.76. The minimum Gasteiger partial charge on any atom is -0.493 e. The summed E-state index contributed by atoms with van der Waals surface area (Å²) >= 11 is 0. The third kappa shape index (κ3) is 4.53. The van der Waals surface area contributed by atoms with Gasteiger partial charge in [0.05, 0.1) is 12.1 Å². The molecule has 20 heavy (non-hydrogen) atoms. The standard InChI is InChI=1S/C16H26N2O2/c1-12-7-8-13(2)14(11-12)20-10-6-5-9-16(3,18-4)15(17)19/h7-8,11,18H,5-6,9-10H2,1-4H3,(H2,17,19). The Kier molecular flexibility index (Phi) is 6.02. The van der Waals surface area contributed by atoms with E-state index in [9.17, 15) is 4.79 Å². The van der Waals surface area contributed by atoms with E-state index in [4.69, 9.17) is 10.5 Å². The summed E-state index contributed by atoms with van der Waals surface area (Å²) in [6.45, 7) is 6.58. The molecule has 0 spiro atoms. The summed E-state index contributed by atoms with van der Waals surface area (Å²) in [6, 6.07) is 6.19. The zero-order chi connectivity index (χ0) is 15.2. The van der Waals surface area contributed by atoms with Gasteiger partial charge in [-0.15, -0.1) is 0 Å². The molecule has 1 aromatic rings. The summed E-state index contributed by atoms with van der Waals surface area (Å²) in [4.78, 5) is 11.3. The van der Waals surface area contributed by atoms with Crippen LogP contribution in [0.25, 0.3) is 0 Å². The van der Waals surface area contributed by atoms with E-state index in [1.165, 1.54) is 5.56 Å². The van der Waals surface area contributed by atoms with Crippen molar-refractivity contribution in [3.8, 4) is 5.75 Å². The molecule has 0 saturated carbocycles. The van der Waals surface area contributed by atoms with Crippen molar-refractivity contribution in [3.05, 3.63) is 29.3 Å². The number of carbonyl (C=O) groups excluding carboxylic acids is 1. The molecule has 112 valence electrons. The summed E-state index contributed by atoms with van der Waals surface area (Å²) in [6.07, 6.45) is 2.51. The third-order valence-corrected chi connectivity index (χ3v) is 3.77. The van der Waals surface area contributed by atoms with Crippen LogP contribution in [0.5, 0.6) is 5.75 Å². The molecule has 0 bridgehead atoms. The van der Waals surface area contributed by atoms with Crippen molar-refractivity contribution >= 4 is 5.91 Å². The molecule has 0 fully saturated rings. The number of hydrogen-bond donors (Lipinski definition) is 2. The van der Waals surface area contributed by atoms with Crippen LogP contribution in [0.4, 0.5) is 0 Å². The van der Waals surface area contributed by atoms with E-state index < -0.39 is 5.54 Å². The Labute approximate surface area is 121 Å². The van der Waals surface area contributed by atoms with Crippen LogP contribution in [0.1, 0.15) is 37.3 Å². The molecule has 1 aromatic carbocycles. The van der Waals surface area contributed by atoms with Gasteiger partial charge in [0, 0.05) is 0 Å². The number of benzene rings is 1. The van der Waals surface area contributed by atoms with Gasteiger partial charge in [0.1, 0.15) is 5.75 Å². The predicted octanol–water partition coefficient (Wildman–Crippen LogP) is 2.32. The van der Waals surface area contributed by atoms with Gasteiger partial charge >= 0.3 is 0 Å². The van der Waals surface area contributed by atoms with Crippen molar-refractivity contribution in [2.75, 3.05) is 13.7 Å². The fraction of sp³-hybridized carbons (Fsp3) is 0.562. The van der Waals surface area contributed by atoms with E-state index in [0.717, 1.165) is 30.6 Å². The zero-order valence-corrected chi connectivity index (χ0v) is 13.0. The first-order chi connectivity index (χ1) is 9.39. The maximum absolute atomic E-state index is 11.3. The highest BCUT2D eigenvalue weighted by atomic mass is 16.5. The van der Waals surface area contributed by atoms with Crippen molar-refractivity contribution < 1.29 is 9.53 Å². The van der Waals surface area contributed by atoms with E-state index in [1.807, 2.05) is 13.8 Å². The molecule has 0 heterocycles. The predicted molar refractivity (Wildman–Crippen MR) is 81.9 cm³/mol. The Morgan fingerprint density at radius 2 is 2.05 bits per heavy atom. The fourth-order valence-corrected chi connectivity index (χ4v) is 2.00. The summed E-state index contributed by atoms with van der Waals surface area (Å²) in [5.74, 6) is 0.631. The monoisotopic (exact) mass is 278 g/mol. The first-order valence-corrected chi connectivity index (χ1v) is 7.08. The average molecular weight is 278 g/mol. The normalized spacial score (nSPS) is 13.8. The number of nitrogens with two attached hydrogens (primary N) is 1. The maximum Gasteiger partial charge on any atom is 0.237 e. The molecule has 0 aliphatic rings. The Balaban J connectivity index is 2.35. The van der Waals surface area contributed by atoms with Crippen LogP contribution in [0.15, 0.2) is 18.2 Å². The molecule has 3 N–H and O–H groups in total. The van der Waals surface area contributed by atoms with Gasteiger partial charge in [-0.25, -0.2) is 0 Å². The second kappa shape index (κ2) is 7.29. The largest absolute Gasteiger partial charge is 0.493 e. The molecule has 4 heteroatoms. The minimum atomic E-state index is -0.626. The van der Waals surface area contributed by atoms with Gasteiger partial charge in [0.2, 0.25) is 5.91 Å². The molecule has 1 amide bonds. The number of amides is 1. The molecule has 4 nitrogen and oxygen atoms in total. The first kappa shape index (κ1) is 16.5. The lowest BCUT2D eigenvalue weighted by Crippen LogP contribution is -2.51. The molecule has 0 radical (unpaired) electrons. The van der Waals surface area contributed by atoms with E-state index in [2.05, 4.69) is 30.4 Å². The Morgan fingerprint density at radius 3 is 2.65 bits per heavy atom. The SMILES string of the molecule is CNC(C)(CCCCOc1cc(C)ccc1C)C(N)=O. The van der Waals surface area contributed by atoms with Crippen LogP contribution < -0.4 is 15.8 Å². The molecule has 0 aliphatic heterocycles. The van der Waals surface area contributed by atoms with Crippen LogP contribution in [-0.2, 0) is 4.79 Å². The maximum atomic E-state index is 11.3. The molecule has 1 atom stereocenters. The van der Waals surface area contributed by atoms with E-state index in [-0.39, 0.29) is 5.91 Å². The van der Waals surface area contributed by atoms with Gasteiger partial charge < -0.3 is 15.8 Å². The highest BCUT2D eigenvalue weighted by Crippen LogP contribution is 2.20. The smallest absolute Gasteiger partial charge is 0.237 e. The molecule has 0 aromatic heterocycles.